The Bertz CT molecular complexity index is 287. The molecular formula is C10H14O2S. The van der Waals surface area contributed by atoms with Crippen LogP contribution in [0, 0.1) is 12.8 Å². The predicted molar refractivity (Wildman–Crippen MR) is 54.3 cm³/mol. The molecule has 0 fully saturated rings. The molecule has 0 bridgehead atoms. The summed E-state index contributed by atoms with van der Waals surface area (Å²) < 4.78 is 0. The summed E-state index contributed by atoms with van der Waals surface area (Å²) in [5.74, 6) is -0.144. The van der Waals surface area contributed by atoms with Crippen molar-refractivity contribution < 1.29 is 9.90 Å². The van der Waals surface area contributed by atoms with Crippen LogP contribution < -0.4 is 0 Å². The van der Waals surface area contributed by atoms with E-state index in [1.54, 1.807) is 0 Å². The molecule has 0 aromatic carbocycles. The molecule has 1 N–H and O–H groups in total. The molecule has 2 nitrogen and oxygen atoms in total. The van der Waals surface area contributed by atoms with Gasteiger partial charge in [-0.1, -0.05) is 6.92 Å². The van der Waals surface area contributed by atoms with E-state index < -0.39 is 0 Å². The Labute approximate surface area is 82.2 Å². The predicted octanol–water partition coefficient (Wildman–Crippen LogP) is 2.26. The lowest BCUT2D eigenvalue weighted by molar-refractivity contribution is 0.0860. The van der Waals surface area contributed by atoms with E-state index in [4.69, 9.17) is 5.11 Å². The van der Waals surface area contributed by atoms with Gasteiger partial charge in [0.25, 0.3) is 0 Å². The summed E-state index contributed by atoms with van der Waals surface area (Å²) >= 11 is 1.46. The summed E-state index contributed by atoms with van der Waals surface area (Å²) in [7, 11) is 0. The van der Waals surface area contributed by atoms with Crippen molar-refractivity contribution >= 4 is 17.1 Å². The largest absolute Gasteiger partial charge is 0.396 e. The lowest BCUT2D eigenvalue weighted by atomic mass is 10.00. The first kappa shape index (κ1) is 10.4. The quantitative estimate of drug-likeness (QED) is 0.753. The number of rotatable bonds is 4. The van der Waals surface area contributed by atoms with Crippen molar-refractivity contribution in [3.63, 3.8) is 0 Å². The Balaban J connectivity index is 2.84. The van der Waals surface area contributed by atoms with Gasteiger partial charge in [0.15, 0.2) is 5.78 Å². The van der Waals surface area contributed by atoms with Gasteiger partial charge >= 0.3 is 0 Å². The van der Waals surface area contributed by atoms with Crippen LogP contribution in [0.1, 0.15) is 28.6 Å². The van der Waals surface area contributed by atoms with Crippen LogP contribution in [0.25, 0.3) is 0 Å². The maximum absolute atomic E-state index is 11.7. The second-order valence-corrected chi connectivity index (χ2v) is 4.00. The number of thiophene rings is 1. The molecule has 0 aliphatic carbocycles. The Morgan fingerprint density at radius 2 is 2.38 bits per heavy atom. The molecule has 3 heteroatoms. The Morgan fingerprint density at radius 1 is 1.69 bits per heavy atom. The van der Waals surface area contributed by atoms with Crippen LogP contribution in [0.15, 0.2) is 11.4 Å². The Kier molecular flexibility index (Phi) is 3.63. The number of aliphatic hydroxyl groups excluding tert-OH is 1. The van der Waals surface area contributed by atoms with Crippen molar-refractivity contribution in [3.05, 3.63) is 21.9 Å². The van der Waals surface area contributed by atoms with Gasteiger partial charge in [-0.2, -0.15) is 0 Å². The summed E-state index contributed by atoms with van der Waals surface area (Å²) in [6, 6.07) is 1.93. The SMILES string of the molecule is CCC(CO)C(=O)c1sccc1C. The molecule has 0 aliphatic heterocycles. The van der Waals surface area contributed by atoms with E-state index in [9.17, 15) is 4.79 Å². The summed E-state index contributed by atoms with van der Waals surface area (Å²) in [5, 5.41) is 10.9. The van der Waals surface area contributed by atoms with Crippen LogP contribution >= 0.6 is 11.3 Å². The van der Waals surface area contributed by atoms with Crippen LogP contribution in [0.2, 0.25) is 0 Å². The highest BCUT2D eigenvalue weighted by Crippen LogP contribution is 2.20. The van der Waals surface area contributed by atoms with E-state index in [0.717, 1.165) is 10.4 Å². The van der Waals surface area contributed by atoms with E-state index in [-0.39, 0.29) is 18.3 Å². The standard InChI is InChI=1S/C10H14O2S/c1-3-8(6-11)9(12)10-7(2)4-5-13-10/h4-5,8,11H,3,6H2,1-2H3. The average molecular weight is 198 g/mol. The van der Waals surface area contributed by atoms with Gasteiger partial charge in [0.1, 0.15) is 0 Å². The van der Waals surface area contributed by atoms with Gasteiger partial charge < -0.3 is 5.11 Å². The Hall–Kier alpha value is -0.670. The fourth-order valence-electron chi connectivity index (χ4n) is 1.21. The first-order valence-electron chi connectivity index (χ1n) is 4.39. The third-order valence-corrected chi connectivity index (χ3v) is 3.20. The molecule has 0 aliphatic rings. The fourth-order valence-corrected chi connectivity index (χ4v) is 2.15. The second kappa shape index (κ2) is 4.53. The van der Waals surface area contributed by atoms with Gasteiger partial charge in [0, 0.05) is 5.92 Å². The summed E-state index contributed by atoms with van der Waals surface area (Å²) in [6.07, 6.45) is 0.701. The fraction of sp³-hybridized carbons (Fsp3) is 0.500. The maximum Gasteiger partial charge on any atom is 0.178 e. The summed E-state index contributed by atoms with van der Waals surface area (Å²) in [4.78, 5) is 12.5. The minimum Gasteiger partial charge on any atom is -0.396 e. The van der Waals surface area contributed by atoms with E-state index >= 15 is 0 Å². The highest BCUT2D eigenvalue weighted by Gasteiger charge is 2.19. The van der Waals surface area contributed by atoms with Crippen molar-refractivity contribution in [2.75, 3.05) is 6.61 Å². The minimum absolute atomic E-state index is 0.0489. The normalized spacial score (nSPS) is 12.8. The van der Waals surface area contributed by atoms with Gasteiger partial charge in [-0.3, -0.25) is 4.79 Å². The van der Waals surface area contributed by atoms with Gasteiger partial charge in [-0.15, -0.1) is 11.3 Å². The number of aliphatic hydroxyl groups is 1. The monoisotopic (exact) mass is 198 g/mol. The molecule has 0 spiro atoms. The first-order valence-corrected chi connectivity index (χ1v) is 5.27. The molecular weight excluding hydrogens is 184 g/mol. The number of aryl methyl sites for hydroxylation is 1. The Morgan fingerprint density at radius 3 is 2.77 bits per heavy atom. The molecule has 1 rings (SSSR count). The lowest BCUT2D eigenvalue weighted by Crippen LogP contribution is -2.17. The van der Waals surface area contributed by atoms with Crippen molar-refractivity contribution in [1.29, 1.82) is 0 Å². The molecule has 1 unspecified atom stereocenters. The summed E-state index contributed by atoms with van der Waals surface area (Å²) in [5.41, 5.74) is 1.02. The smallest absolute Gasteiger partial charge is 0.178 e. The van der Waals surface area contributed by atoms with Crippen LogP contribution in [-0.2, 0) is 0 Å². The molecule has 0 saturated carbocycles. The number of Topliss-reactive ketones (excluding diaryl/α,β-unsaturated/α-hetero) is 1. The molecule has 0 saturated heterocycles. The highest BCUT2D eigenvalue weighted by atomic mass is 32.1. The number of carbonyl (C=O) groups is 1. The van der Waals surface area contributed by atoms with Crippen LogP contribution in [-0.4, -0.2) is 17.5 Å². The lowest BCUT2D eigenvalue weighted by Gasteiger charge is -2.08. The molecule has 0 amide bonds. The van der Waals surface area contributed by atoms with Crippen molar-refractivity contribution in [1.82, 2.24) is 0 Å². The van der Waals surface area contributed by atoms with Gasteiger partial charge in [-0.05, 0) is 30.4 Å². The molecule has 1 aromatic heterocycles. The molecule has 1 heterocycles. The van der Waals surface area contributed by atoms with Crippen molar-refractivity contribution in [2.45, 2.75) is 20.3 Å². The van der Waals surface area contributed by atoms with E-state index in [2.05, 4.69) is 0 Å². The van der Waals surface area contributed by atoms with Gasteiger partial charge in [-0.25, -0.2) is 0 Å². The first-order chi connectivity index (χ1) is 6.20. The zero-order valence-electron chi connectivity index (χ0n) is 7.91. The zero-order valence-corrected chi connectivity index (χ0v) is 8.73. The van der Waals surface area contributed by atoms with Crippen molar-refractivity contribution in [2.24, 2.45) is 5.92 Å². The molecule has 72 valence electrons. The average Bonchev–Trinajstić information content (AvgIpc) is 2.53. The third kappa shape index (κ3) is 2.17. The zero-order chi connectivity index (χ0) is 9.84. The number of hydrogen-bond acceptors (Lipinski definition) is 3. The second-order valence-electron chi connectivity index (χ2n) is 3.08. The number of carbonyl (C=O) groups excluding carboxylic acids is 1. The van der Waals surface area contributed by atoms with Crippen LogP contribution in [0.4, 0.5) is 0 Å². The summed E-state index contributed by atoms with van der Waals surface area (Å²) in [6.45, 7) is 3.79. The van der Waals surface area contributed by atoms with E-state index in [1.807, 2.05) is 25.3 Å². The highest BCUT2D eigenvalue weighted by molar-refractivity contribution is 7.12. The molecule has 1 atom stereocenters. The number of ketones is 1. The van der Waals surface area contributed by atoms with Crippen LogP contribution in [0.3, 0.4) is 0 Å². The van der Waals surface area contributed by atoms with Crippen LogP contribution in [0.5, 0.6) is 0 Å². The molecule has 0 radical (unpaired) electrons. The molecule has 13 heavy (non-hydrogen) atoms. The third-order valence-electron chi connectivity index (χ3n) is 2.17. The minimum atomic E-state index is -0.225. The number of hydrogen-bond donors (Lipinski definition) is 1. The van der Waals surface area contributed by atoms with Gasteiger partial charge in [0.2, 0.25) is 0 Å². The maximum atomic E-state index is 11.7. The topological polar surface area (TPSA) is 37.3 Å². The van der Waals surface area contributed by atoms with E-state index in [1.165, 1.54) is 11.3 Å². The molecule has 1 aromatic rings. The van der Waals surface area contributed by atoms with E-state index in [0.29, 0.717) is 6.42 Å². The van der Waals surface area contributed by atoms with Gasteiger partial charge in [0.05, 0.1) is 11.5 Å². The van der Waals surface area contributed by atoms with Crippen molar-refractivity contribution in [3.8, 4) is 0 Å².